The number of rotatable bonds is 13. The van der Waals surface area contributed by atoms with Gasteiger partial charge in [0.05, 0.1) is 39.2 Å². The Morgan fingerprint density at radius 3 is 1.50 bits per heavy atom. The van der Waals surface area contributed by atoms with Crippen molar-refractivity contribution in [3.05, 3.63) is 0 Å². The molecule has 7 nitrogen and oxygen atoms in total. The molecule has 20 heavy (non-hydrogen) atoms. The number of hydrogen-bond acceptors (Lipinski definition) is 7. The highest BCUT2D eigenvalue weighted by Gasteiger charge is 2.26. The van der Waals surface area contributed by atoms with Gasteiger partial charge in [0, 0.05) is 0 Å². The zero-order chi connectivity index (χ0) is 15.5. The molecule has 0 spiro atoms. The van der Waals surface area contributed by atoms with E-state index in [1.807, 2.05) is 0 Å². The standard InChI is InChI=1S/C11H26O7P2/c1-5-15-19(12,16-6-2)10-9-14-11-20(13,17-7-3)18-8-4/h5-11H2,1-4H3. The second kappa shape index (κ2) is 10.9. The summed E-state index contributed by atoms with van der Waals surface area (Å²) in [7, 11) is -6.35. The summed E-state index contributed by atoms with van der Waals surface area (Å²) < 4.78 is 49.9. The molecular formula is C11H26O7P2. The molecule has 0 radical (unpaired) electrons. The van der Waals surface area contributed by atoms with Crippen LogP contribution >= 0.6 is 15.2 Å². The van der Waals surface area contributed by atoms with Crippen LogP contribution in [-0.4, -0.2) is 45.5 Å². The van der Waals surface area contributed by atoms with E-state index in [4.69, 9.17) is 22.8 Å². The van der Waals surface area contributed by atoms with E-state index in [0.717, 1.165) is 0 Å². The minimum Gasteiger partial charge on any atom is -0.368 e. The van der Waals surface area contributed by atoms with Gasteiger partial charge in [-0.1, -0.05) is 0 Å². The zero-order valence-corrected chi connectivity index (χ0v) is 14.5. The Morgan fingerprint density at radius 2 is 1.10 bits per heavy atom. The van der Waals surface area contributed by atoms with Gasteiger partial charge in [-0.25, -0.2) is 0 Å². The summed E-state index contributed by atoms with van der Waals surface area (Å²) in [6.45, 7) is 8.18. The maximum absolute atomic E-state index is 12.1. The van der Waals surface area contributed by atoms with Crippen LogP contribution in [0.2, 0.25) is 0 Å². The molecule has 9 heteroatoms. The lowest BCUT2D eigenvalue weighted by Crippen LogP contribution is -2.09. The molecule has 0 rings (SSSR count). The number of ether oxygens (including phenoxy) is 1. The topological polar surface area (TPSA) is 80.3 Å². The Morgan fingerprint density at radius 1 is 0.700 bits per heavy atom. The third kappa shape index (κ3) is 8.53. The summed E-state index contributed by atoms with van der Waals surface area (Å²) in [5.74, 6) is 0. The Balaban J connectivity index is 4.20. The third-order valence-corrected chi connectivity index (χ3v) is 5.90. The maximum atomic E-state index is 12.1. The van der Waals surface area contributed by atoms with E-state index < -0.39 is 15.2 Å². The SMILES string of the molecule is CCOP(=O)(CCOCP(=O)(OCC)OCC)OCC. The van der Waals surface area contributed by atoms with Crippen molar-refractivity contribution in [1.82, 2.24) is 0 Å². The largest absolute Gasteiger partial charge is 0.368 e. The van der Waals surface area contributed by atoms with Crippen LogP contribution in [0, 0.1) is 0 Å². The molecule has 0 aromatic carbocycles. The molecule has 0 atom stereocenters. The minimum atomic E-state index is -3.23. The molecule has 0 unspecified atom stereocenters. The average molecular weight is 332 g/mol. The van der Waals surface area contributed by atoms with E-state index in [2.05, 4.69) is 0 Å². The van der Waals surface area contributed by atoms with Gasteiger partial charge in [0.25, 0.3) is 0 Å². The van der Waals surface area contributed by atoms with Crippen molar-refractivity contribution in [3.8, 4) is 0 Å². The smallest absolute Gasteiger partial charge is 0.356 e. The molecule has 0 amide bonds. The van der Waals surface area contributed by atoms with Crippen molar-refractivity contribution < 1.29 is 32.0 Å². The van der Waals surface area contributed by atoms with E-state index in [1.54, 1.807) is 27.7 Å². The van der Waals surface area contributed by atoms with Gasteiger partial charge < -0.3 is 22.8 Å². The van der Waals surface area contributed by atoms with E-state index in [9.17, 15) is 9.13 Å². The van der Waals surface area contributed by atoms with Gasteiger partial charge in [0.15, 0.2) is 0 Å². The van der Waals surface area contributed by atoms with Crippen LogP contribution < -0.4 is 0 Å². The van der Waals surface area contributed by atoms with E-state index >= 15 is 0 Å². The fraction of sp³-hybridized carbons (Fsp3) is 1.00. The van der Waals surface area contributed by atoms with E-state index in [-0.39, 0.29) is 32.3 Å². The van der Waals surface area contributed by atoms with Crippen LogP contribution in [0.25, 0.3) is 0 Å². The van der Waals surface area contributed by atoms with Crippen LogP contribution in [0.15, 0.2) is 0 Å². The van der Waals surface area contributed by atoms with Gasteiger partial charge in [-0.2, -0.15) is 0 Å². The van der Waals surface area contributed by atoms with Crippen molar-refractivity contribution >= 4 is 15.2 Å². The monoisotopic (exact) mass is 332 g/mol. The van der Waals surface area contributed by atoms with Crippen molar-refractivity contribution in [1.29, 1.82) is 0 Å². The summed E-state index contributed by atoms with van der Waals surface area (Å²) in [5.41, 5.74) is 0. The highest BCUT2D eigenvalue weighted by atomic mass is 31.2. The predicted octanol–water partition coefficient (Wildman–Crippen LogP) is 3.49. The fourth-order valence-corrected chi connectivity index (χ4v) is 4.25. The molecule has 0 saturated heterocycles. The molecule has 0 bridgehead atoms. The quantitative estimate of drug-likeness (QED) is 0.377. The van der Waals surface area contributed by atoms with Crippen molar-refractivity contribution in [2.45, 2.75) is 27.7 Å². The number of hydrogen-bond donors (Lipinski definition) is 0. The molecule has 122 valence electrons. The highest BCUT2D eigenvalue weighted by Crippen LogP contribution is 2.49. The molecule has 0 aliphatic carbocycles. The normalized spacial score (nSPS) is 12.8. The first-order chi connectivity index (χ1) is 9.45. The molecule has 0 saturated carbocycles. The van der Waals surface area contributed by atoms with Gasteiger partial charge in [-0.15, -0.1) is 0 Å². The lowest BCUT2D eigenvalue weighted by molar-refractivity contribution is 0.135. The van der Waals surface area contributed by atoms with Crippen LogP contribution in [0.1, 0.15) is 27.7 Å². The molecule has 0 fully saturated rings. The van der Waals surface area contributed by atoms with Crippen LogP contribution in [0.3, 0.4) is 0 Å². The maximum Gasteiger partial charge on any atom is 0.356 e. The molecular weight excluding hydrogens is 306 g/mol. The fourth-order valence-electron chi connectivity index (χ4n) is 1.42. The van der Waals surface area contributed by atoms with Gasteiger partial charge in [-0.05, 0) is 27.7 Å². The predicted molar refractivity (Wildman–Crippen MR) is 77.4 cm³/mol. The zero-order valence-electron chi connectivity index (χ0n) is 12.7. The Kier molecular flexibility index (Phi) is 11.1. The summed E-state index contributed by atoms with van der Waals surface area (Å²) in [4.78, 5) is 0. The van der Waals surface area contributed by atoms with Crippen molar-refractivity contribution in [2.24, 2.45) is 0 Å². The summed E-state index contributed by atoms with van der Waals surface area (Å²) in [6, 6.07) is 0. The summed E-state index contributed by atoms with van der Waals surface area (Å²) in [6.07, 6.45) is -0.0696. The van der Waals surface area contributed by atoms with Crippen LogP contribution in [0.5, 0.6) is 0 Å². The lowest BCUT2D eigenvalue weighted by Gasteiger charge is -2.19. The molecule has 0 aliphatic heterocycles. The van der Waals surface area contributed by atoms with Gasteiger partial charge >= 0.3 is 15.2 Å². The van der Waals surface area contributed by atoms with Crippen molar-refractivity contribution in [3.63, 3.8) is 0 Å². The third-order valence-electron chi connectivity index (χ3n) is 2.06. The van der Waals surface area contributed by atoms with Crippen LogP contribution in [-0.2, 0) is 32.0 Å². The van der Waals surface area contributed by atoms with E-state index in [1.165, 1.54) is 0 Å². The average Bonchev–Trinajstić information content (AvgIpc) is 2.36. The Hall–Kier alpha value is 0.260. The van der Waals surface area contributed by atoms with Crippen LogP contribution in [0.4, 0.5) is 0 Å². The minimum absolute atomic E-state index is 0.0986. The molecule has 0 aromatic rings. The van der Waals surface area contributed by atoms with E-state index in [0.29, 0.717) is 13.2 Å². The first-order valence-corrected chi connectivity index (χ1v) is 10.2. The first-order valence-electron chi connectivity index (χ1n) is 6.79. The summed E-state index contributed by atoms with van der Waals surface area (Å²) in [5, 5.41) is 0. The molecule has 0 aliphatic rings. The Labute approximate surface area is 121 Å². The second-order valence-corrected chi connectivity index (χ2v) is 7.84. The summed E-state index contributed by atoms with van der Waals surface area (Å²) >= 11 is 0. The first kappa shape index (κ1) is 20.3. The Bertz CT molecular complexity index is 283. The van der Waals surface area contributed by atoms with Gasteiger partial charge in [-0.3, -0.25) is 9.13 Å². The molecule has 0 heterocycles. The lowest BCUT2D eigenvalue weighted by atomic mass is 10.9. The second-order valence-electron chi connectivity index (χ2n) is 3.65. The highest BCUT2D eigenvalue weighted by molar-refractivity contribution is 7.54. The molecule has 0 aromatic heterocycles. The van der Waals surface area contributed by atoms with Gasteiger partial charge in [0.2, 0.25) is 0 Å². The molecule has 0 N–H and O–H groups in total. The van der Waals surface area contributed by atoms with Crippen molar-refractivity contribution in [2.75, 3.05) is 45.5 Å². The van der Waals surface area contributed by atoms with Gasteiger partial charge in [0.1, 0.15) is 6.35 Å².